The van der Waals surface area contributed by atoms with E-state index in [-0.39, 0.29) is 16.9 Å². The van der Waals surface area contributed by atoms with Crippen LogP contribution in [0.4, 0.5) is 5.82 Å². The van der Waals surface area contributed by atoms with Crippen molar-refractivity contribution in [3.8, 4) is 11.4 Å². The molecule has 0 atom stereocenters. The van der Waals surface area contributed by atoms with Crippen LogP contribution in [-0.2, 0) is 0 Å². The molecule has 22 heavy (non-hydrogen) atoms. The molecule has 0 bridgehead atoms. The molecule has 7 heteroatoms. The molecule has 0 aliphatic carbocycles. The quantitative estimate of drug-likeness (QED) is 0.812. The Morgan fingerprint density at radius 3 is 2.64 bits per heavy atom. The van der Waals surface area contributed by atoms with Gasteiger partial charge in [0.2, 0.25) is 0 Å². The molecule has 2 amide bonds. The number of hydrogen-bond acceptors (Lipinski definition) is 5. The zero-order chi connectivity index (χ0) is 15.9. The van der Waals surface area contributed by atoms with Crippen LogP contribution in [0.3, 0.4) is 0 Å². The Hall–Kier alpha value is -3.09. The number of benzene rings is 1. The van der Waals surface area contributed by atoms with Gasteiger partial charge < -0.3 is 10.5 Å². The van der Waals surface area contributed by atoms with Gasteiger partial charge in [-0.25, -0.2) is 0 Å². The number of aromatic nitrogens is 1. The van der Waals surface area contributed by atoms with Crippen molar-refractivity contribution < 1.29 is 14.3 Å². The second-order valence-electron chi connectivity index (χ2n) is 4.68. The summed E-state index contributed by atoms with van der Waals surface area (Å²) in [7, 11) is 0. The highest BCUT2D eigenvalue weighted by molar-refractivity contribution is 6.23. The predicted molar refractivity (Wildman–Crippen MR) is 79.4 cm³/mol. The predicted octanol–water partition coefficient (Wildman–Crippen LogP) is 0.702. The van der Waals surface area contributed by atoms with E-state index in [2.05, 4.69) is 5.32 Å². The number of hydrogen-bond donors (Lipinski definition) is 2. The Balaban J connectivity index is 2.31. The molecule has 3 rings (SSSR count). The third-order valence-electron chi connectivity index (χ3n) is 3.36. The topological polar surface area (TPSA) is 103 Å². The van der Waals surface area contributed by atoms with Crippen LogP contribution in [0.25, 0.3) is 5.69 Å². The summed E-state index contributed by atoms with van der Waals surface area (Å²) >= 11 is 0. The highest BCUT2D eigenvalue weighted by Crippen LogP contribution is 2.27. The first-order chi connectivity index (χ1) is 10.5. The molecule has 1 aromatic carbocycles. The van der Waals surface area contributed by atoms with E-state index >= 15 is 0 Å². The molecule has 0 saturated heterocycles. The van der Waals surface area contributed by atoms with E-state index in [1.54, 1.807) is 24.3 Å². The molecule has 0 saturated carbocycles. The van der Waals surface area contributed by atoms with Crippen molar-refractivity contribution in [3.05, 3.63) is 51.8 Å². The first kappa shape index (κ1) is 13.9. The van der Waals surface area contributed by atoms with Gasteiger partial charge in [0.05, 0.1) is 23.4 Å². The standard InChI is InChI=1S/C15H13N3O4/c1-2-22-10-6-4-3-5-9(10)18-11(19)7-8-12(13(18)16)15(21)17-14(8)20/h3-7H,2,16H2,1H3,(H,17,20,21). The molecule has 2 aromatic rings. The number of nitrogens with two attached hydrogens (primary N) is 1. The summed E-state index contributed by atoms with van der Waals surface area (Å²) in [6, 6.07) is 7.95. The van der Waals surface area contributed by atoms with Crippen LogP contribution in [0.15, 0.2) is 35.1 Å². The lowest BCUT2D eigenvalue weighted by Gasteiger charge is -2.15. The number of fused-ring (bicyclic) bond motifs is 1. The average molecular weight is 299 g/mol. The largest absolute Gasteiger partial charge is 0.492 e. The molecule has 2 heterocycles. The van der Waals surface area contributed by atoms with E-state index in [0.717, 1.165) is 6.07 Å². The minimum absolute atomic E-state index is 0.00218. The Bertz CT molecular complexity index is 854. The smallest absolute Gasteiger partial charge is 0.262 e. The number of carbonyl (C=O) groups is 2. The number of nitrogens with zero attached hydrogens (tertiary/aromatic N) is 1. The number of carbonyl (C=O) groups excluding carboxylic acids is 2. The third-order valence-corrected chi connectivity index (χ3v) is 3.36. The Morgan fingerprint density at radius 2 is 1.91 bits per heavy atom. The Morgan fingerprint density at radius 1 is 1.18 bits per heavy atom. The lowest BCUT2D eigenvalue weighted by molar-refractivity contribution is 0.0880. The van der Waals surface area contributed by atoms with Crippen molar-refractivity contribution in [2.24, 2.45) is 0 Å². The van der Waals surface area contributed by atoms with Crippen LogP contribution in [0.2, 0.25) is 0 Å². The van der Waals surface area contributed by atoms with Gasteiger partial charge in [-0.1, -0.05) is 12.1 Å². The zero-order valence-corrected chi connectivity index (χ0v) is 11.8. The first-order valence-electron chi connectivity index (χ1n) is 6.68. The molecular formula is C15H13N3O4. The maximum absolute atomic E-state index is 12.3. The van der Waals surface area contributed by atoms with Crippen molar-refractivity contribution in [2.45, 2.75) is 6.92 Å². The molecule has 3 N–H and O–H groups in total. The summed E-state index contributed by atoms with van der Waals surface area (Å²) in [5, 5.41) is 2.13. The van der Waals surface area contributed by atoms with Gasteiger partial charge in [0.15, 0.2) is 0 Å². The summed E-state index contributed by atoms with van der Waals surface area (Å²) in [5.41, 5.74) is 5.90. The fourth-order valence-electron chi connectivity index (χ4n) is 2.45. The van der Waals surface area contributed by atoms with Gasteiger partial charge in [-0.2, -0.15) is 0 Å². The number of para-hydroxylation sites is 2. The maximum Gasteiger partial charge on any atom is 0.262 e. The number of anilines is 1. The number of nitrogen functional groups attached to an aromatic ring is 1. The van der Waals surface area contributed by atoms with Crippen LogP contribution < -0.4 is 21.3 Å². The number of nitrogens with one attached hydrogen (secondary N) is 1. The van der Waals surface area contributed by atoms with Crippen molar-refractivity contribution in [3.63, 3.8) is 0 Å². The van der Waals surface area contributed by atoms with E-state index in [1.165, 1.54) is 4.57 Å². The second kappa shape index (κ2) is 5.03. The van der Waals surface area contributed by atoms with E-state index in [1.807, 2.05) is 6.92 Å². The van der Waals surface area contributed by atoms with Gasteiger partial charge in [-0.3, -0.25) is 24.3 Å². The lowest BCUT2D eigenvalue weighted by Crippen LogP contribution is -2.24. The Kier molecular flexibility index (Phi) is 3.17. The number of pyridine rings is 1. The summed E-state index contributed by atoms with van der Waals surface area (Å²) in [6.45, 7) is 2.23. The monoisotopic (exact) mass is 299 g/mol. The van der Waals surface area contributed by atoms with Crippen molar-refractivity contribution in [1.29, 1.82) is 0 Å². The number of amides is 2. The fraction of sp³-hybridized carbons (Fsp3) is 0.133. The summed E-state index contributed by atoms with van der Waals surface area (Å²) in [6.07, 6.45) is 0. The number of ether oxygens (including phenoxy) is 1. The molecule has 0 fully saturated rings. The van der Waals surface area contributed by atoms with E-state index < -0.39 is 17.4 Å². The SMILES string of the molecule is CCOc1ccccc1-n1c(N)c2c(cc1=O)C(=O)NC2=O. The molecule has 1 aliphatic heterocycles. The number of rotatable bonds is 3. The van der Waals surface area contributed by atoms with Crippen molar-refractivity contribution in [1.82, 2.24) is 9.88 Å². The zero-order valence-electron chi connectivity index (χ0n) is 11.8. The van der Waals surface area contributed by atoms with Crippen LogP contribution in [-0.4, -0.2) is 23.0 Å². The van der Waals surface area contributed by atoms with Crippen LogP contribution in [0.1, 0.15) is 27.6 Å². The molecule has 7 nitrogen and oxygen atoms in total. The van der Waals surface area contributed by atoms with E-state index in [0.29, 0.717) is 18.0 Å². The second-order valence-corrected chi connectivity index (χ2v) is 4.68. The van der Waals surface area contributed by atoms with E-state index in [9.17, 15) is 14.4 Å². The molecule has 112 valence electrons. The van der Waals surface area contributed by atoms with Gasteiger partial charge in [0.25, 0.3) is 17.4 Å². The molecule has 0 unspecified atom stereocenters. The van der Waals surface area contributed by atoms with Crippen LogP contribution >= 0.6 is 0 Å². The fourth-order valence-corrected chi connectivity index (χ4v) is 2.45. The average Bonchev–Trinajstić information content (AvgIpc) is 2.75. The minimum Gasteiger partial charge on any atom is -0.492 e. The highest BCUT2D eigenvalue weighted by Gasteiger charge is 2.32. The normalized spacial score (nSPS) is 13.0. The van der Waals surface area contributed by atoms with Gasteiger partial charge in [0, 0.05) is 6.07 Å². The van der Waals surface area contributed by atoms with Crippen molar-refractivity contribution >= 4 is 17.6 Å². The summed E-state index contributed by atoms with van der Waals surface area (Å²) in [5.74, 6) is -0.851. The maximum atomic E-state index is 12.3. The number of imide groups is 1. The lowest BCUT2D eigenvalue weighted by atomic mass is 10.1. The third kappa shape index (κ3) is 1.95. The van der Waals surface area contributed by atoms with Crippen LogP contribution in [0.5, 0.6) is 5.75 Å². The van der Waals surface area contributed by atoms with Gasteiger partial charge in [-0.15, -0.1) is 0 Å². The molecule has 0 spiro atoms. The van der Waals surface area contributed by atoms with Gasteiger partial charge in [0.1, 0.15) is 11.6 Å². The molecule has 1 aromatic heterocycles. The molecule has 1 aliphatic rings. The molecule has 0 radical (unpaired) electrons. The molecular weight excluding hydrogens is 286 g/mol. The van der Waals surface area contributed by atoms with Crippen LogP contribution in [0, 0.1) is 0 Å². The van der Waals surface area contributed by atoms with E-state index in [4.69, 9.17) is 10.5 Å². The van der Waals surface area contributed by atoms with Gasteiger partial charge in [-0.05, 0) is 19.1 Å². The summed E-state index contributed by atoms with van der Waals surface area (Å²) in [4.78, 5) is 35.8. The minimum atomic E-state index is -0.617. The first-order valence-corrected chi connectivity index (χ1v) is 6.68. The van der Waals surface area contributed by atoms with Gasteiger partial charge >= 0.3 is 0 Å². The highest BCUT2D eigenvalue weighted by atomic mass is 16.5. The van der Waals surface area contributed by atoms with Crippen molar-refractivity contribution in [2.75, 3.05) is 12.3 Å². The Labute approximate surface area is 125 Å². The summed E-state index contributed by atoms with van der Waals surface area (Å²) < 4.78 is 6.65.